The SMILES string of the molecule is CN(C)P(=O)(I)OCC1CN(C(c2ccccc2)(c2ccccc2)c2ccccc2)CC(n2cnc3c(NC(=O)c4ccccc4)ncnc32)O1. The molecular weight excluding hydrogens is 776 g/mol. The molecule has 6 aromatic rings. The summed E-state index contributed by atoms with van der Waals surface area (Å²) in [5.74, 6) is -0.00543. The van der Waals surface area contributed by atoms with E-state index >= 15 is 0 Å². The molecular formula is C38H37IN7O4P. The number of rotatable bonds is 11. The van der Waals surface area contributed by atoms with Gasteiger partial charge in [0.2, 0.25) is 0 Å². The van der Waals surface area contributed by atoms with Crippen molar-refractivity contribution in [3.63, 3.8) is 0 Å². The average molecular weight is 814 g/mol. The van der Waals surface area contributed by atoms with Gasteiger partial charge in [-0.25, -0.2) is 19.6 Å². The molecule has 260 valence electrons. The smallest absolute Gasteiger partial charge is 0.329 e. The summed E-state index contributed by atoms with van der Waals surface area (Å²) >= 11 is 1.88. The third kappa shape index (κ3) is 7.12. The molecule has 7 rings (SSSR count). The van der Waals surface area contributed by atoms with Gasteiger partial charge in [-0.1, -0.05) is 109 Å². The van der Waals surface area contributed by atoms with Crippen LogP contribution < -0.4 is 5.32 Å². The van der Waals surface area contributed by atoms with Gasteiger partial charge >= 0.3 is 5.16 Å². The first-order chi connectivity index (χ1) is 24.8. The minimum absolute atomic E-state index is 0.0832. The Hall–Kier alpha value is -4.30. The summed E-state index contributed by atoms with van der Waals surface area (Å²) in [7, 11) is 3.47. The molecule has 1 aliphatic heterocycles. The number of imidazole rings is 1. The average Bonchev–Trinajstić information content (AvgIpc) is 3.61. The molecule has 0 saturated carbocycles. The summed E-state index contributed by atoms with van der Waals surface area (Å²) in [6.45, 7) is 0.963. The lowest BCUT2D eigenvalue weighted by Gasteiger charge is -2.50. The van der Waals surface area contributed by atoms with Crippen molar-refractivity contribution in [1.82, 2.24) is 29.1 Å². The molecule has 1 saturated heterocycles. The van der Waals surface area contributed by atoms with E-state index in [-0.39, 0.29) is 12.5 Å². The van der Waals surface area contributed by atoms with Crippen LogP contribution >= 0.6 is 27.2 Å². The quantitative estimate of drug-likeness (QED) is 0.0813. The number of ether oxygens (including phenoxy) is 1. The number of anilines is 1. The third-order valence-corrected chi connectivity index (χ3v) is 13.9. The Balaban J connectivity index is 1.34. The van der Waals surface area contributed by atoms with Crippen molar-refractivity contribution in [1.29, 1.82) is 0 Å². The van der Waals surface area contributed by atoms with Gasteiger partial charge in [-0.05, 0) is 42.9 Å². The molecule has 1 amide bonds. The Labute approximate surface area is 309 Å². The maximum atomic E-state index is 13.4. The molecule has 51 heavy (non-hydrogen) atoms. The molecule has 11 nitrogen and oxygen atoms in total. The minimum atomic E-state index is -3.11. The van der Waals surface area contributed by atoms with Crippen LogP contribution in [0.1, 0.15) is 33.3 Å². The van der Waals surface area contributed by atoms with Crippen LogP contribution in [0.4, 0.5) is 5.82 Å². The van der Waals surface area contributed by atoms with E-state index in [0.29, 0.717) is 35.6 Å². The van der Waals surface area contributed by atoms with Gasteiger partial charge in [0.25, 0.3) is 5.91 Å². The van der Waals surface area contributed by atoms with Crippen LogP contribution in [0.3, 0.4) is 0 Å². The third-order valence-electron chi connectivity index (χ3n) is 9.03. The molecule has 3 atom stereocenters. The van der Waals surface area contributed by atoms with Gasteiger partial charge < -0.3 is 14.6 Å². The summed E-state index contributed by atoms with van der Waals surface area (Å²) in [6.07, 6.45) is 1.97. The fourth-order valence-electron chi connectivity index (χ4n) is 6.64. The minimum Gasteiger partial charge on any atom is -0.350 e. The monoisotopic (exact) mass is 813 g/mol. The lowest BCUT2D eigenvalue weighted by molar-refractivity contribution is -0.145. The topological polar surface area (TPSA) is 115 Å². The van der Waals surface area contributed by atoms with Crippen molar-refractivity contribution in [3.8, 4) is 0 Å². The van der Waals surface area contributed by atoms with E-state index in [1.54, 1.807) is 49.4 Å². The molecule has 1 fully saturated rings. The highest BCUT2D eigenvalue weighted by molar-refractivity contribution is 14.2. The van der Waals surface area contributed by atoms with E-state index in [1.165, 1.54) is 6.33 Å². The van der Waals surface area contributed by atoms with Crippen LogP contribution in [-0.2, 0) is 19.4 Å². The maximum Gasteiger partial charge on any atom is 0.329 e. The van der Waals surface area contributed by atoms with Crippen LogP contribution in [0.5, 0.6) is 0 Å². The maximum absolute atomic E-state index is 13.4. The van der Waals surface area contributed by atoms with Crippen molar-refractivity contribution >= 4 is 50.1 Å². The van der Waals surface area contributed by atoms with E-state index in [1.807, 2.05) is 50.9 Å². The van der Waals surface area contributed by atoms with Crippen molar-refractivity contribution < 1.29 is 18.6 Å². The molecule has 0 spiro atoms. The Kier molecular flexibility index (Phi) is 10.4. The summed E-state index contributed by atoms with van der Waals surface area (Å²) in [5, 5.41) is -0.208. The number of morpholine rings is 1. The zero-order valence-corrected chi connectivity index (χ0v) is 31.2. The summed E-state index contributed by atoms with van der Waals surface area (Å²) in [5.41, 5.74) is 3.93. The highest BCUT2D eigenvalue weighted by Gasteiger charge is 2.47. The summed E-state index contributed by atoms with van der Waals surface area (Å²) in [6, 6.07) is 40.3. The van der Waals surface area contributed by atoms with E-state index in [9.17, 15) is 9.36 Å². The number of fused-ring (bicyclic) bond motifs is 1. The molecule has 2 aromatic heterocycles. The summed E-state index contributed by atoms with van der Waals surface area (Å²) in [4.78, 5) is 29.2. The van der Waals surface area contributed by atoms with Gasteiger partial charge in [0.15, 0.2) is 17.0 Å². The number of hydrogen-bond donors (Lipinski definition) is 1. The van der Waals surface area contributed by atoms with Gasteiger partial charge in [0.05, 0.1) is 24.6 Å². The first-order valence-corrected chi connectivity index (χ1v) is 20.9. The first kappa shape index (κ1) is 35.1. The molecule has 13 heteroatoms. The number of nitrogens with zero attached hydrogens (tertiary/aromatic N) is 6. The van der Waals surface area contributed by atoms with E-state index in [4.69, 9.17) is 9.26 Å². The highest BCUT2D eigenvalue weighted by atomic mass is 127. The van der Waals surface area contributed by atoms with Gasteiger partial charge in [-0.2, -0.15) is 0 Å². The first-order valence-electron chi connectivity index (χ1n) is 16.5. The van der Waals surface area contributed by atoms with Gasteiger partial charge in [0, 0.05) is 40.7 Å². The number of amides is 1. The molecule has 0 bridgehead atoms. The molecule has 4 aromatic carbocycles. The predicted octanol–water partition coefficient (Wildman–Crippen LogP) is 7.39. The second kappa shape index (κ2) is 15.1. The van der Waals surface area contributed by atoms with Crippen LogP contribution in [0.2, 0.25) is 0 Å². The molecule has 3 unspecified atom stereocenters. The number of carbonyl (C=O) groups is 1. The van der Waals surface area contributed by atoms with Gasteiger partial charge in [-0.3, -0.25) is 18.8 Å². The normalized spacial score (nSPS) is 18.0. The van der Waals surface area contributed by atoms with Crippen LogP contribution in [0.15, 0.2) is 134 Å². The molecule has 1 aliphatic rings. The molecule has 3 heterocycles. The number of halogens is 1. The van der Waals surface area contributed by atoms with E-state index < -0.39 is 23.0 Å². The second-order valence-electron chi connectivity index (χ2n) is 12.4. The second-order valence-corrected chi connectivity index (χ2v) is 18.0. The predicted molar refractivity (Wildman–Crippen MR) is 206 cm³/mol. The van der Waals surface area contributed by atoms with Crippen molar-refractivity contribution in [2.24, 2.45) is 0 Å². The van der Waals surface area contributed by atoms with Crippen molar-refractivity contribution in [2.45, 2.75) is 17.9 Å². The number of nitrogens with one attached hydrogen (secondary N) is 1. The Bertz CT molecular complexity index is 2040. The van der Waals surface area contributed by atoms with Crippen molar-refractivity contribution in [2.75, 3.05) is 39.1 Å². The van der Waals surface area contributed by atoms with Crippen LogP contribution in [-0.4, -0.2) is 74.9 Å². The number of carbonyl (C=O) groups excluding carboxylic acids is 1. The highest BCUT2D eigenvalue weighted by Crippen LogP contribution is 2.57. The Morgan fingerprint density at radius 3 is 1.96 bits per heavy atom. The van der Waals surface area contributed by atoms with E-state index in [2.05, 4.69) is 98.0 Å². The molecule has 1 N–H and O–H groups in total. The van der Waals surface area contributed by atoms with Crippen molar-refractivity contribution in [3.05, 3.63) is 156 Å². The van der Waals surface area contributed by atoms with Gasteiger partial charge in [0.1, 0.15) is 12.6 Å². The Morgan fingerprint density at radius 2 is 1.41 bits per heavy atom. The number of benzene rings is 4. The molecule has 0 aliphatic carbocycles. The number of aromatic nitrogens is 4. The lowest BCUT2D eigenvalue weighted by atomic mass is 9.75. The number of hydrogen-bond acceptors (Lipinski definition) is 8. The van der Waals surface area contributed by atoms with Gasteiger partial charge in [-0.15, -0.1) is 0 Å². The van der Waals surface area contributed by atoms with Crippen LogP contribution in [0, 0.1) is 0 Å². The van der Waals surface area contributed by atoms with Crippen LogP contribution in [0.25, 0.3) is 11.2 Å². The fourth-order valence-corrected chi connectivity index (χ4v) is 7.70. The largest absolute Gasteiger partial charge is 0.350 e. The molecule has 0 radical (unpaired) electrons. The zero-order valence-electron chi connectivity index (χ0n) is 28.1. The van der Waals surface area contributed by atoms with E-state index in [0.717, 1.165) is 16.7 Å². The Morgan fingerprint density at radius 1 is 0.863 bits per heavy atom. The summed E-state index contributed by atoms with van der Waals surface area (Å²) < 4.78 is 29.7. The lowest BCUT2D eigenvalue weighted by Crippen LogP contribution is -2.57. The fraction of sp³-hybridized carbons (Fsp3) is 0.211. The zero-order chi connectivity index (χ0) is 35.4. The standard InChI is InChI=1S/C38H37IN7O4P/c1-44(2)51(39,48)49-25-32-23-45(38(29-17-9-4-10-18-29,30-19-11-5-12-20-30)31-21-13-6-14-22-31)24-33(50-32)46-27-42-34-35(40-26-41-36(34)46)43-37(47)28-15-7-3-8-16-28/h3-22,26-27,32-33H,23-25H2,1-2H3,(H,40,41,43,47).